The highest BCUT2D eigenvalue weighted by molar-refractivity contribution is 5.81. The predicted octanol–water partition coefficient (Wildman–Crippen LogP) is 1.91. The molecule has 0 spiro atoms. The third kappa shape index (κ3) is 6.05. The first-order chi connectivity index (χ1) is 10.1. The fourth-order valence-electron chi connectivity index (χ4n) is 2.02. The van der Waals surface area contributed by atoms with Crippen molar-refractivity contribution in [3.05, 3.63) is 17.5 Å². The molecule has 0 bridgehead atoms. The first-order valence-corrected chi connectivity index (χ1v) is 7.15. The molecule has 0 aliphatic carbocycles. The minimum atomic E-state index is -4.34. The zero-order valence-electron chi connectivity index (χ0n) is 13.3. The zero-order chi connectivity index (χ0) is 16.9. The van der Waals surface area contributed by atoms with Gasteiger partial charge in [0, 0.05) is 24.8 Å². The van der Waals surface area contributed by atoms with Gasteiger partial charge in [0.15, 0.2) is 0 Å². The Morgan fingerprint density at radius 2 is 2.05 bits per heavy atom. The summed E-state index contributed by atoms with van der Waals surface area (Å²) in [5.74, 6) is -0.321. The lowest BCUT2D eigenvalue weighted by molar-refractivity contribution is -0.132. The van der Waals surface area contributed by atoms with Gasteiger partial charge < -0.3 is 5.32 Å². The smallest absolute Gasteiger partial charge is 0.351 e. The Morgan fingerprint density at radius 1 is 1.41 bits per heavy atom. The summed E-state index contributed by atoms with van der Waals surface area (Å²) >= 11 is 0. The third-order valence-electron chi connectivity index (χ3n) is 3.36. The van der Waals surface area contributed by atoms with Crippen molar-refractivity contribution in [3.8, 4) is 0 Å². The SMILES string of the molecule is Cc1c(CNC(=O)[C@H](CC(C)C)NCC(F)(F)F)cnn1C. The van der Waals surface area contributed by atoms with E-state index in [0.29, 0.717) is 6.42 Å². The van der Waals surface area contributed by atoms with Gasteiger partial charge in [0.2, 0.25) is 5.91 Å². The van der Waals surface area contributed by atoms with Crippen LogP contribution in [0.2, 0.25) is 0 Å². The summed E-state index contributed by atoms with van der Waals surface area (Å²) in [6.07, 6.45) is -2.36. The van der Waals surface area contributed by atoms with E-state index < -0.39 is 24.7 Å². The van der Waals surface area contributed by atoms with Crippen molar-refractivity contribution in [3.63, 3.8) is 0 Å². The van der Waals surface area contributed by atoms with E-state index in [-0.39, 0.29) is 12.5 Å². The number of rotatable bonds is 7. The standard InChI is InChI=1S/C14H23F3N4O/c1-9(2)5-12(19-8-14(15,16)17)13(22)18-6-11-7-20-21(4)10(11)3/h7,9,12,19H,5-6,8H2,1-4H3,(H,18,22)/t12-/m0/s1. The van der Waals surface area contributed by atoms with E-state index in [1.54, 1.807) is 17.9 Å². The van der Waals surface area contributed by atoms with Crippen LogP contribution in [0.5, 0.6) is 0 Å². The van der Waals surface area contributed by atoms with E-state index in [2.05, 4.69) is 15.7 Å². The number of halogens is 3. The number of hydrogen-bond donors (Lipinski definition) is 2. The van der Waals surface area contributed by atoms with Crippen molar-refractivity contribution in [2.75, 3.05) is 6.54 Å². The van der Waals surface area contributed by atoms with Gasteiger partial charge in [-0.1, -0.05) is 13.8 Å². The summed E-state index contributed by atoms with van der Waals surface area (Å²) in [5, 5.41) is 9.02. The van der Waals surface area contributed by atoms with Gasteiger partial charge >= 0.3 is 6.18 Å². The number of aromatic nitrogens is 2. The lowest BCUT2D eigenvalue weighted by atomic mass is 10.0. The molecule has 5 nitrogen and oxygen atoms in total. The Bertz CT molecular complexity index is 497. The van der Waals surface area contributed by atoms with Crippen LogP contribution >= 0.6 is 0 Å². The summed E-state index contributed by atoms with van der Waals surface area (Å²) in [6.45, 7) is 4.66. The third-order valence-corrected chi connectivity index (χ3v) is 3.36. The Balaban J connectivity index is 2.61. The van der Waals surface area contributed by atoms with Crippen molar-refractivity contribution < 1.29 is 18.0 Å². The second kappa shape index (κ2) is 7.62. The van der Waals surface area contributed by atoms with Gasteiger partial charge in [-0.15, -0.1) is 0 Å². The van der Waals surface area contributed by atoms with Crippen LogP contribution in [0.25, 0.3) is 0 Å². The van der Waals surface area contributed by atoms with E-state index >= 15 is 0 Å². The number of carbonyl (C=O) groups is 1. The Labute approximate surface area is 128 Å². The highest BCUT2D eigenvalue weighted by Gasteiger charge is 2.30. The quantitative estimate of drug-likeness (QED) is 0.807. The van der Waals surface area contributed by atoms with Gasteiger partial charge in [0.1, 0.15) is 0 Å². The normalized spacial score (nSPS) is 13.5. The predicted molar refractivity (Wildman–Crippen MR) is 77.1 cm³/mol. The van der Waals surface area contributed by atoms with E-state index in [0.717, 1.165) is 11.3 Å². The molecule has 0 aliphatic heterocycles. The fourth-order valence-corrected chi connectivity index (χ4v) is 2.02. The number of alkyl halides is 3. The van der Waals surface area contributed by atoms with Gasteiger partial charge in [-0.05, 0) is 19.3 Å². The Kier molecular flexibility index (Phi) is 6.40. The molecule has 0 saturated carbocycles. The van der Waals surface area contributed by atoms with Crippen molar-refractivity contribution in [1.82, 2.24) is 20.4 Å². The van der Waals surface area contributed by atoms with Gasteiger partial charge in [-0.25, -0.2) is 0 Å². The molecule has 1 aromatic heterocycles. The molecule has 126 valence electrons. The molecular formula is C14H23F3N4O. The topological polar surface area (TPSA) is 59.0 Å². The highest BCUT2D eigenvalue weighted by atomic mass is 19.4. The maximum absolute atomic E-state index is 12.3. The van der Waals surface area contributed by atoms with Crippen LogP contribution in [0.3, 0.4) is 0 Å². The molecule has 0 unspecified atom stereocenters. The van der Waals surface area contributed by atoms with Crippen LogP contribution in [0.4, 0.5) is 13.2 Å². The molecule has 1 amide bonds. The number of aryl methyl sites for hydroxylation is 1. The molecule has 22 heavy (non-hydrogen) atoms. The van der Waals surface area contributed by atoms with Gasteiger partial charge in [-0.3, -0.25) is 14.8 Å². The van der Waals surface area contributed by atoms with Crippen molar-refractivity contribution in [1.29, 1.82) is 0 Å². The van der Waals surface area contributed by atoms with E-state index in [4.69, 9.17) is 0 Å². The summed E-state index contributed by atoms with van der Waals surface area (Å²) < 4.78 is 38.6. The molecule has 0 aromatic carbocycles. The average Bonchev–Trinajstić information content (AvgIpc) is 2.70. The molecule has 0 aliphatic rings. The van der Waals surface area contributed by atoms with E-state index in [1.165, 1.54) is 0 Å². The van der Waals surface area contributed by atoms with E-state index in [9.17, 15) is 18.0 Å². The van der Waals surface area contributed by atoms with Crippen LogP contribution < -0.4 is 10.6 Å². The molecule has 8 heteroatoms. The molecule has 0 radical (unpaired) electrons. The summed E-state index contributed by atoms with van der Waals surface area (Å²) in [4.78, 5) is 12.1. The minimum absolute atomic E-state index is 0.108. The maximum Gasteiger partial charge on any atom is 0.401 e. The molecule has 1 heterocycles. The molecule has 1 aromatic rings. The molecular weight excluding hydrogens is 297 g/mol. The lowest BCUT2D eigenvalue weighted by Gasteiger charge is -2.21. The first-order valence-electron chi connectivity index (χ1n) is 7.15. The monoisotopic (exact) mass is 320 g/mol. The fraction of sp³-hybridized carbons (Fsp3) is 0.714. The highest BCUT2D eigenvalue weighted by Crippen LogP contribution is 2.14. The number of nitrogens with zero attached hydrogens (tertiary/aromatic N) is 2. The average molecular weight is 320 g/mol. The summed E-state index contributed by atoms with van der Waals surface area (Å²) in [7, 11) is 1.78. The summed E-state index contributed by atoms with van der Waals surface area (Å²) in [5.41, 5.74) is 1.75. The van der Waals surface area contributed by atoms with Gasteiger partial charge in [0.25, 0.3) is 0 Å². The minimum Gasteiger partial charge on any atom is -0.351 e. The number of carbonyl (C=O) groups excluding carboxylic acids is 1. The first kappa shape index (κ1) is 18.5. The van der Waals surface area contributed by atoms with Crippen molar-refractivity contribution >= 4 is 5.91 Å². The van der Waals surface area contributed by atoms with Gasteiger partial charge in [0.05, 0.1) is 18.8 Å². The summed E-state index contributed by atoms with van der Waals surface area (Å²) in [6, 6.07) is -0.862. The molecule has 1 rings (SSSR count). The zero-order valence-corrected chi connectivity index (χ0v) is 13.3. The number of hydrogen-bond acceptors (Lipinski definition) is 3. The number of nitrogens with one attached hydrogen (secondary N) is 2. The van der Waals surface area contributed by atoms with Crippen LogP contribution in [0, 0.1) is 12.8 Å². The molecule has 1 atom stereocenters. The van der Waals surface area contributed by atoms with Crippen LogP contribution in [-0.2, 0) is 18.4 Å². The molecule has 0 fully saturated rings. The van der Waals surface area contributed by atoms with Crippen LogP contribution in [0.1, 0.15) is 31.5 Å². The van der Waals surface area contributed by atoms with Crippen molar-refractivity contribution in [2.24, 2.45) is 13.0 Å². The second-order valence-electron chi connectivity index (χ2n) is 5.77. The molecule has 2 N–H and O–H groups in total. The maximum atomic E-state index is 12.3. The van der Waals surface area contributed by atoms with Crippen LogP contribution in [-0.4, -0.2) is 34.5 Å². The largest absolute Gasteiger partial charge is 0.401 e. The van der Waals surface area contributed by atoms with E-state index in [1.807, 2.05) is 20.8 Å². The Hall–Kier alpha value is -1.57. The van der Waals surface area contributed by atoms with Gasteiger partial charge in [-0.2, -0.15) is 18.3 Å². The Morgan fingerprint density at radius 3 is 2.50 bits per heavy atom. The number of amides is 1. The molecule has 0 saturated heterocycles. The van der Waals surface area contributed by atoms with Crippen LogP contribution in [0.15, 0.2) is 6.20 Å². The van der Waals surface area contributed by atoms with Crippen molar-refractivity contribution in [2.45, 2.75) is 46.0 Å². The lowest BCUT2D eigenvalue weighted by Crippen LogP contribution is -2.47. The second-order valence-corrected chi connectivity index (χ2v) is 5.77.